The number of carbonyl (C=O) groups is 1. The van der Waals surface area contributed by atoms with Gasteiger partial charge in [-0.25, -0.2) is 0 Å². The molecule has 0 spiro atoms. The summed E-state index contributed by atoms with van der Waals surface area (Å²) >= 11 is 0. The Morgan fingerprint density at radius 2 is 2.14 bits per heavy atom. The van der Waals surface area contributed by atoms with Gasteiger partial charge in [0.1, 0.15) is 0 Å². The van der Waals surface area contributed by atoms with E-state index in [9.17, 15) is 4.79 Å². The van der Waals surface area contributed by atoms with Crippen LogP contribution in [0.2, 0.25) is 0 Å². The summed E-state index contributed by atoms with van der Waals surface area (Å²) in [5.41, 5.74) is 3.63. The first kappa shape index (κ1) is 20.6. The molecule has 1 saturated heterocycles. The molecule has 1 aliphatic heterocycles. The number of aryl methyl sites for hydroxylation is 1. The van der Waals surface area contributed by atoms with Crippen LogP contribution in [0.1, 0.15) is 60.0 Å². The zero-order valence-electron chi connectivity index (χ0n) is 17.6. The summed E-state index contributed by atoms with van der Waals surface area (Å²) in [7, 11) is 1.87. The highest BCUT2D eigenvalue weighted by atomic mass is 16.5. The molecule has 1 aromatic carbocycles. The normalized spacial score (nSPS) is 17.8. The topological polar surface area (TPSA) is 49.6 Å². The summed E-state index contributed by atoms with van der Waals surface area (Å²) < 4.78 is 5.27. The molecule has 0 aliphatic carbocycles. The molecule has 152 valence electrons. The molecule has 2 heterocycles. The maximum Gasteiger partial charge on any atom is 0.292 e. The predicted molar refractivity (Wildman–Crippen MR) is 112 cm³/mol. The number of likely N-dealkylation sites (tertiary alicyclic amines) is 1. The van der Waals surface area contributed by atoms with Gasteiger partial charge in [0, 0.05) is 32.7 Å². The molecule has 1 aliphatic rings. The fraction of sp³-hybridized carbons (Fsp3) is 0.565. The van der Waals surface area contributed by atoms with Gasteiger partial charge in [0.2, 0.25) is 5.76 Å². The second kappa shape index (κ2) is 9.37. The Bertz CT molecular complexity index is 784. The molecule has 1 fully saturated rings. The van der Waals surface area contributed by atoms with Crippen molar-refractivity contribution in [2.75, 3.05) is 33.2 Å². The largest absolute Gasteiger partial charge is 0.351 e. The van der Waals surface area contributed by atoms with Crippen molar-refractivity contribution in [3.05, 3.63) is 52.9 Å². The number of carbonyl (C=O) groups excluding carboxylic acids is 1. The molecule has 0 unspecified atom stereocenters. The summed E-state index contributed by atoms with van der Waals surface area (Å²) in [6, 6.07) is 10.4. The van der Waals surface area contributed by atoms with Crippen LogP contribution in [0.25, 0.3) is 0 Å². The van der Waals surface area contributed by atoms with Crippen molar-refractivity contribution in [3.8, 4) is 0 Å². The lowest BCUT2D eigenvalue weighted by Gasteiger charge is -2.34. The van der Waals surface area contributed by atoms with Crippen LogP contribution in [0.4, 0.5) is 0 Å². The summed E-state index contributed by atoms with van der Waals surface area (Å²) in [4.78, 5) is 17.0. The summed E-state index contributed by atoms with van der Waals surface area (Å²) in [6.07, 6.45) is 3.45. The van der Waals surface area contributed by atoms with Crippen molar-refractivity contribution in [1.29, 1.82) is 0 Å². The van der Waals surface area contributed by atoms with E-state index < -0.39 is 0 Å². The lowest BCUT2D eigenvalue weighted by molar-refractivity contribution is 0.0690. The molecule has 5 nitrogen and oxygen atoms in total. The maximum absolute atomic E-state index is 12.7. The first-order valence-electron chi connectivity index (χ1n) is 10.4. The van der Waals surface area contributed by atoms with Crippen molar-refractivity contribution in [2.24, 2.45) is 5.92 Å². The third kappa shape index (κ3) is 5.22. The van der Waals surface area contributed by atoms with Gasteiger partial charge in [-0.1, -0.05) is 43.3 Å². The Morgan fingerprint density at radius 1 is 1.36 bits per heavy atom. The third-order valence-corrected chi connectivity index (χ3v) is 5.77. The van der Waals surface area contributed by atoms with Gasteiger partial charge in [-0.15, -0.1) is 0 Å². The van der Waals surface area contributed by atoms with E-state index in [1.807, 2.05) is 20.9 Å². The van der Waals surface area contributed by atoms with E-state index >= 15 is 0 Å². The molecule has 0 saturated carbocycles. The predicted octanol–water partition coefficient (Wildman–Crippen LogP) is 4.13. The fourth-order valence-electron chi connectivity index (χ4n) is 3.99. The molecule has 0 radical (unpaired) electrons. The molecule has 28 heavy (non-hydrogen) atoms. The van der Waals surface area contributed by atoms with Crippen molar-refractivity contribution in [1.82, 2.24) is 15.0 Å². The second-order valence-corrected chi connectivity index (χ2v) is 8.44. The van der Waals surface area contributed by atoms with Crippen LogP contribution in [-0.2, 0) is 6.42 Å². The molecule has 5 heteroatoms. The Kier molecular flexibility index (Phi) is 6.89. The first-order chi connectivity index (χ1) is 13.4. The van der Waals surface area contributed by atoms with Crippen molar-refractivity contribution >= 4 is 5.91 Å². The molecule has 0 bridgehead atoms. The number of piperidine rings is 1. The highest BCUT2D eigenvalue weighted by Crippen LogP contribution is 2.20. The van der Waals surface area contributed by atoms with Gasteiger partial charge in [-0.05, 0) is 55.7 Å². The molecule has 3 rings (SSSR count). The smallest absolute Gasteiger partial charge is 0.292 e. The Hall–Kier alpha value is -2.14. The number of amides is 1. The van der Waals surface area contributed by atoms with E-state index in [0.29, 0.717) is 11.7 Å². The molecular weight excluding hydrogens is 350 g/mol. The van der Waals surface area contributed by atoms with E-state index in [0.717, 1.165) is 38.3 Å². The van der Waals surface area contributed by atoms with Crippen molar-refractivity contribution in [2.45, 2.75) is 46.0 Å². The van der Waals surface area contributed by atoms with Gasteiger partial charge >= 0.3 is 0 Å². The zero-order chi connectivity index (χ0) is 20.1. The molecule has 1 amide bonds. The highest BCUT2D eigenvalue weighted by molar-refractivity contribution is 5.91. The van der Waals surface area contributed by atoms with E-state index in [2.05, 4.69) is 41.2 Å². The van der Waals surface area contributed by atoms with Gasteiger partial charge in [0.25, 0.3) is 5.91 Å². The number of benzene rings is 1. The maximum atomic E-state index is 12.7. The van der Waals surface area contributed by atoms with Crippen molar-refractivity contribution in [3.63, 3.8) is 0 Å². The average Bonchev–Trinajstić information content (AvgIpc) is 3.17. The van der Waals surface area contributed by atoms with Gasteiger partial charge in [0.05, 0.1) is 5.69 Å². The van der Waals surface area contributed by atoms with Gasteiger partial charge < -0.3 is 14.3 Å². The van der Waals surface area contributed by atoms with Crippen LogP contribution < -0.4 is 0 Å². The molecule has 1 aromatic heterocycles. The van der Waals surface area contributed by atoms with Crippen LogP contribution in [0, 0.1) is 12.8 Å². The lowest BCUT2D eigenvalue weighted by Crippen LogP contribution is -2.42. The van der Waals surface area contributed by atoms with E-state index in [1.54, 1.807) is 11.0 Å². The molecule has 1 atom stereocenters. The van der Waals surface area contributed by atoms with E-state index in [1.165, 1.54) is 24.0 Å². The van der Waals surface area contributed by atoms with Crippen LogP contribution in [-0.4, -0.2) is 54.1 Å². The molecule has 0 N–H and O–H groups in total. The summed E-state index contributed by atoms with van der Waals surface area (Å²) in [5, 5.41) is 4.01. The minimum Gasteiger partial charge on any atom is -0.351 e. The minimum atomic E-state index is -0.0727. The van der Waals surface area contributed by atoms with Crippen LogP contribution in [0.5, 0.6) is 0 Å². The van der Waals surface area contributed by atoms with E-state index in [4.69, 9.17) is 4.52 Å². The fourth-order valence-corrected chi connectivity index (χ4v) is 3.99. The summed E-state index contributed by atoms with van der Waals surface area (Å²) in [5.74, 6) is 1.04. The number of hydrogen-bond acceptors (Lipinski definition) is 4. The van der Waals surface area contributed by atoms with Crippen LogP contribution in [0.15, 0.2) is 34.9 Å². The Morgan fingerprint density at radius 3 is 2.86 bits per heavy atom. The zero-order valence-corrected chi connectivity index (χ0v) is 17.6. The first-order valence-corrected chi connectivity index (χ1v) is 10.4. The third-order valence-electron chi connectivity index (χ3n) is 5.77. The lowest BCUT2D eigenvalue weighted by atomic mass is 9.96. The summed E-state index contributed by atoms with van der Waals surface area (Å²) in [6.45, 7) is 10.3. The highest BCUT2D eigenvalue weighted by Gasteiger charge is 2.25. The molecule has 2 aromatic rings. The SMILES string of the molecule is Cc1ccccc1CCN1CCC[C@H](CN(C)C(=O)c2cc(C(C)C)no2)C1. The Balaban J connectivity index is 1.51. The van der Waals surface area contributed by atoms with Gasteiger partial charge in [-0.2, -0.15) is 0 Å². The quantitative estimate of drug-likeness (QED) is 0.721. The molecular formula is C23H33N3O2. The minimum absolute atomic E-state index is 0.0727. The van der Waals surface area contributed by atoms with Gasteiger partial charge in [-0.3, -0.25) is 4.79 Å². The van der Waals surface area contributed by atoms with Crippen molar-refractivity contribution < 1.29 is 9.32 Å². The number of rotatable bonds is 7. The second-order valence-electron chi connectivity index (χ2n) is 8.44. The average molecular weight is 384 g/mol. The Labute approximate surface area is 168 Å². The van der Waals surface area contributed by atoms with E-state index in [-0.39, 0.29) is 11.8 Å². The van der Waals surface area contributed by atoms with Crippen LogP contribution >= 0.6 is 0 Å². The monoisotopic (exact) mass is 383 g/mol. The number of nitrogens with zero attached hydrogens (tertiary/aromatic N) is 3. The standard InChI is InChI=1S/C23H33N3O2/c1-17(2)21-14-22(28-24-21)23(27)25(4)15-19-9-7-12-26(16-19)13-11-20-10-6-5-8-18(20)3/h5-6,8,10,14,17,19H,7,9,11-13,15-16H2,1-4H3/t19-/m1/s1. The number of aromatic nitrogens is 1. The van der Waals surface area contributed by atoms with Gasteiger partial charge in [0.15, 0.2) is 0 Å². The number of hydrogen-bond donors (Lipinski definition) is 0. The van der Waals surface area contributed by atoms with Crippen LogP contribution in [0.3, 0.4) is 0 Å².